The van der Waals surface area contributed by atoms with E-state index in [4.69, 9.17) is 5.41 Å². The molecule has 0 spiro atoms. The van der Waals surface area contributed by atoms with Crippen LogP contribution in [0, 0.1) is 23.2 Å². The lowest BCUT2D eigenvalue weighted by molar-refractivity contribution is 0.472. The van der Waals surface area contributed by atoms with E-state index in [1.807, 2.05) is 0 Å². The maximum Gasteiger partial charge on any atom is 0.0151 e. The number of rotatable bonds is 8. The Balaban J connectivity index is 4.09. The predicted molar refractivity (Wildman–Crippen MR) is 69.7 cm³/mol. The third-order valence-electron chi connectivity index (χ3n) is 3.58. The lowest BCUT2D eigenvalue weighted by Crippen LogP contribution is -2.24. The summed E-state index contributed by atoms with van der Waals surface area (Å²) >= 11 is 0. The molecule has 0 aliphatic carbocycles. The minimum absolute atomic E-state index is 0.455. The lowest BCUT2D eigenvalue weighted by Gasteiger charge is -2.24. The van der Waals surface area contributed by atoms with Crippen molar-refractivity contribution in [3.8, 4) is 0 Å². The van der Waals surface area contributed by atoms with Crippen LogP contribution in [-0.2, 0) is 0 Å². The Bertz CT molecular complexity index is 172. The Kier molecular flexibility index (Phi) is 7.72. The molecule has 90 valence electrons. The number of nitrogens with one attached hydrogen (secondary N) is 1. The summed E-state index contributed by atoms with van der Waals surface area (Å²) in [6.45, 7) is 11.1. The summed E-state index contributed by atoms with van der Waals surface area (Å²) < 4.78 is 0. The van der Waals surface area contributed by atoms with Gasteiger partial charge in [-0.1, -0.05) is 53.9 Å². The fraction of sp³-hybridized carbons (Fsp3) is 0.929. The van der Waals surface area contributed by atoms with E-state index >= 15 is 0 Å². The second-order valence-electron chi connectivity index (χ2n) is 5.09. The summed E-state index contributed by atoms with van der Waals surface area (Å²) in [4.78, 5) is 0. The van der Waals surface area contributed by atoms with Crippen molar-refractivity contribution in [2.24, 2.45) is 17.8 Å². The van der Waals surface area contributed by atoms with Gasteiger partial charge >= 0.3 is 0 Å². The summed E-state index contributed by atoms with van der Waals surface area (Å²) in [6, 6.07) is 0. The van der Waals surface area contributed by atoms with Gasteiger partial charge in [-0.2, -0.15) is 0 Å². The summed E-state index contributed by atoms with van der Waals surface area (Å²) in [5.74, 6) is 1.60. The highest BCUT2D eigenvalue weighted by atomic mass is 14.5. The van der Waals surface area contributed by atoms with Crippen LogP contribution < -0.4 is 0 Å². The second kappa shape index (κ2) is 7.90. The molecule has 0 rings (SSSR count). The first-order valence-electron chi connectivity index (χ1n) is 6.62. The third-order valence-corrected chi connectivity index (χ3v) is 3.58. The number of hydrogen-bond donors (Lipinski definition) is 1. The number of hydrogen-bond acceptors (Lipinski definition) is 1. The smallest absolute Gasteiger partial charge is 0.0151 e. The first-order valence-corrected chi connectivity index (χ1v) is 6.62. The molecule has 0 amide bonds. The number of unbranched alkanes of at least 4 members (excludes halogenated alkanes) is 2. The third kappa shape index (κ3) is 5.34. The molecule has 0 heterocycles. The molecule has 0 aliphatic heterocycles. The van der Waals surface area contributed by atoms with Gasteiger partial charge in [0, 0.05) is 5.71 Å². The van der Waals surface area contributed by atoms with Gasteiger partial charge in [0.15, 0.2) is 0 Å². The van der Waals surface area contributed by atoms with Gasteiger partial charge in [-0.3, -0.25) is 0 Å². The van der Waals surface area contributed by atoms with Crippen molar-refractivity contribution in [2.75, 3.05) is 0 Å². The van der Waals surface area contributed by atoms with Crippen LogP contribution in [0.25, 0.3) is 0 Å². The Morgan fingerprint density at radius 1 is 1.07 bits per heavy atom. The Morgan fingerprint density at radius 3 is 2.07 bits per heavy atom. The van der Waals surface area contributed by atoms with Gasteiger partial charge in [-0.25, -0.2) is 0 Å². The molecule has 0 saturated heterocycles. The molecule has 1 nitrogen and oxygen atoms in total. The molecular weight excluding hydrogens is 182 g/mol. The van der Waals surface area contributed by atoms with Gasteiger partial charge in [0.05, 0.1) is 0 Å². The quantitative estimate of drug-likeness (QED) is 0.436. The Hall–Kier alpha value is -0.330. The topological polar surface area (TPSA) is 23.9 Å². The monoisotopic (exact) mass is 211 g/mol. The fourth-order valence-corrected chi connectivity index (χ4v) is 1.95. The van der Waals surface area contributed by atoms with E-state index in [1.54, 1.807) is 0 Å². The van der Waals surface area contributed by atoms with Gasteiger partial charge in [0.25, 0.3) is 0 Å². The zero-order valence-electron chi connectivity index (χ0n) is 11.3. The molecule has 0 fully saturated rings. The molecule has 2 unspecified atom stereocenters. The maximum absolute atomic E-state index is 8.22. The zero-order chi connectivity index (χ0) is 11.8. The van der Waals surface area contributed by atoms with E-state index in [-0.39, 0.29) is 0 Å². The SMILES string of the molecule is CCCCCC(CC)C(=N)C(C)C(C)C. The van der Waals surface area contributed by atoms with Gasteiger partial charge in [0.1, 0.15) is 0 Å². The molecule has 0 aromatic heterocycles. The zero-order valence-corrected chi connectivity index (χ0v) is 11.3. The molecule has 0 aromatic rings. The van der Waals surface area contributed by atoms with Crippen molar-refractivity contribution in [1.29, 1.82) is 5.41 Å². The van der Waals surface area contributed by atoms with Crippen LogP contribution in [0.1, 0.15) is 66.7 Å². The molecule has 1 N–H and O–H groups in total. The van der Waals surface area contributed by atoms with E-state index in [0.29, 0.717) is 17.8 Å². The summed E-state index contributed by atoms with van der Waals surface area (Å²) in [5.41, 5.74) is 0.989. The van der Waals surface area contributed by atoms with Crippen LogP contribution in [0.4, 0.5) is 0 Å². The van der Waals surface area contributed by atoms with Crippen LogP contribution in [0.15, 0.2) is 0 Å². The van der Waals surface area contributed by atoms with Crippen LogP contribution in [-0.4, -0.2) is 5.71 Å². The first-order chi connectivity index (χ1) is 7.04. The van der Waals surface area contributed by atoms with Crippen molar-refractivity contribution in [1.82, 2.24) is 0 Å². The van der Waals surface area contributed by atoms with Crippen LogP contribution >= 0.6 is 0 Å². The molecular formula is C14H29N. The molecule has 2 atom stereocenters. The molecule has 15 heavy (non-hydrogen) atoms. The van der Waals surface area contributed by atoms with Gasteiger partial charge in [0.2, 0.25) is 0 Å². The van der Waals surface area contributed by atoms with Crippen LogP contribution in [0.3, 0.4) is 0 Å². The largest absolute Gasteiger partial charge is 0.309 e. The van der Waals surface area contributed by atoms with E-state index in [0.717, 1.165) is 12.1 Å². The van der Waals surface area contributed by atoms with Gasteiger partial charge < -0.3 is 5.41 Å². The highest BCUT2D eigenvalue weighted by molar-refractivity contribution is 5.85. The molecule has 0 aliphatic rings. The maximum atomic E-state index is 8.22. The molecule has 0 radical (unpaired) electrons. The van der Waals surface area contributed by atoms with E-state index in [9.17, 15) is 0 Å². The average molecular weight is 211 g/mol. The molecule has 1 heteroatoms. The standard InChI is InChI=1S/C14H29N/c1-6-8-9-10-13(7-2)14(15)12(5)11(3)4/h11-13,15H,6-10H2,1-5H3. The highest BCUT2D eigenvalue weighted by Gasteiger charge is 2.20. The second-order valence-corrected chi connectivity index (χ2v) is 5.09. The van der Waals surface area contributed by atoms with Gasteiger partial charge in [-0.15, -0.1) is 0 Å². The molecule has 0 aromatic carbocycles. The minimum atomic E-state index is 0.455. The Labute approximate surface area is 96.2 Å². The lowest BCUT2D eigenvalue weighted by atomic mass is 9.82. The predicted octanol–water partition coefficient (Wildman–Crippen LogP) is 4.90. The summed E-state index contributed by atoms with van der Waals surface area (Å²) in [7, 11) is 0. The first kappa shape index (κ1) is 14.7. The fourth-order valence-electron chi connectivity index (χ4n) is 1.95. The summed E-state index contributed by atoms with van der Waals surface area (Å²) in [6.07, 6.45) is 6.26. The summed E-state index contributed by atoms with van der Waals surface area (Å²) in [5, 5.41) is 8.22. The van der Waals surface area contributed by atoms with Crippen molar-refractivity contribution >= 4 is 5.71 Å². The molecule has 0 saturated carbocycles. The van der Waals surface area contributed by atoms with Crippen LogP contribution in [0.5, 0.6) is 0 Å². The van der Waals surface area contributed by atoms with E-state index in [1.165, 1.54) is 25.7 Å². The van der Waals surface area contributed by atoms with Crippen molar-refractivity contribution in [3.63, 3.8) is 0 Å². The van der Waals surface area contributed by atoms with Crippen molar-refractivity contribution in [3.05, 3.63) is 0 Å². The highest BCUT2D eigenvalue weighted by Crippen LogP contribution is 2.22. The van der Waals surface area contributed by atoms with Gasteiger partial charge in [-0.05, 0) is 30.6 Å². The Morgan fingerprint density at radius 2 is 1.67 bits per heavy atom. The normalized spacial score (nSPS) is 15.3. The molecule has 0 bridgehead atoms. The average Bonchev–Trinajstić information content (AvgIpc) is 2.22. The minimum Gasteiger partial charge on any atom is -0.309 e. The van der Waals surface area contributed by atoms with E-state index in [2.05, 4.69) is 34.6 Å². The van der Waals surface area contributed by atoms with Crippen LogP contribution in [0.2, 0.25) is 0 Å². The van der Waals surface area contributed by atoms with E-state index < -0.39 is 0 Å². The van der Waals surface area contributed by atoms with Crippen molar-refractivity contribution < 1.29 is 0 Å². The van der Waals surface area contributed by atoms with Crippen molar-refractivity contribution in [2.45, 2.75) is 66.7 Å².